The Bertz CT molecular complexity index is 957. The van der Waals surface area contributed by atoms with Gasteiger partial charge in [-0.2, -0.15) is 8.78 Å². The number of hydrogen-bond donors (Lipinski definition) is 0. The Balaban J connectivity index is 1.95. The van der Waals surface area contributed by atoms with Gasteiger partial charge in [0.15, 0.2) is 11.0 Å². The molecule has 0 aliphatic carbocycles. The quantitative estimate of drug-likeness (QED) is 0.574. The van der Waals surface area contributed by atoms with Gasteiger partial charge >= 0.3 is 6.61 Å². The summed E-state index contributed by atoms with van der Waals surface area (Å²) in [6.45, 7) is -2.98. The molecule has 0 aromatic carbocycles. The monoisotopic (exact) mass is 395 g/mol. The Morgan fingerprint density at radius 2 is 1.81 bits per heavy atom. The van der Waals surface area contributed by atoms with Crippen molar-refractivity contribution in [1.29, 1.82) is 0 Å². The molecule has 3 rings (SSSR count). The molecule has 3 heterocycles. The van der Waals surface area contributed by atoms with Crippen molar-refractivity contribution in [3.8, 4) is 22.9 Å². The van der Waals surface area contributed by atoms with Gasteiger partial charge in [0, 0.05) is 36.6 Å². The van der Waals surface area contributed by atoms with Gasteiger partial charge < -0.3 is 9.47 Å². The Morgan fingerprint density at radius 1 is 1.07 bits per heavy atom. The number of halogens is 4. The van der Waals surface area contributed by atoms with E-state index in [2.05, 4.69) is 19.7 Å². The van der Waals surface area contributed by atoms with Crippen molar-refractivity contribution >= 4 is 11.6 Å². The normalized spacial score (nSPS) is 10.9. The van der Waals surface area contributed by atoms with E-state index in [1.54, 1.807) is 18.3 Å². The summed E-state index contributed by atoms with van der Waals surface area (Å²) in [6, 6.07) is 6.03. The molecular weight excluding hydrogens is 383 g/mol. The van der Waals surface area contributed by atoms with Crippen molar-refractivity contribution in [2.75, 3.05) is 7.11 Å². The number of methoxy groups -OCH3 is 1. The second-order valence-electron chi connectivity index (χ2n) is 5.45. The van der Waals surface area contributed by atoms with Crippen LogP contribution in [0.5, 0.6) is 11.8 Å². The third-order valence-electron chi connectivity index (χ3n) is 3.62. The maximum Gasteiger partial charge on any atom is 0.388 e. The van der Waals surface area contributed by atoms with Gasteiger partial charge in [-0.1, -0.05) is 11.6 Å². The van der Waals surface area contributed by atoms with E-state index in [9.17, 15) is 13.2 Å². The van der Waals surface area contributed by atoms with Crippen LogP contribution in [-0.4, -0.2) is 28.7 Å². The molecule has 0 amide bonds. The van der Waals surface area contributed by atoms with Crippen LogP contribution in [0.1, 0.15) is 11.1 Å². The van der Waals surface area contributed by atoms with E-state index in [0.717, 1.165) is 5.56 Å². The molecule has 9 heteroatoms. The van der Waals surface area contributed by atoms with Crippen molar-refractivity contribution in [3.05, 3.63) is 65.0 Å². The molecular formula is C18H13ClF3N3O2. The molecule has 3 aromatic rings. The van der Waals surface area contributed by atoms with Crippen LogP contribution < -0.4 is 9.47 Å². The lowest BCUT2D eigenvalue weighted by atomic mass is 10.0. The molecule has 0 aliphatic heterocycles. The molecule has 0 radical (unpaired) electrons. The van der Waals surface area contributed by atoms with Crippen LogP contribution in [-0.2, 0) is 6.42 Å². The summed E-state index contributed by atoms with van der Waals surface area (Å²) in [4.78, 5) is 11.7. The minimum atomic E-state index is -2.98. The summed E-state index contributed by atoms with van der Waals surface area (Å²) < 4.78 is 48.0. The Hall–Kier alpha value is -2.87. The Labute approximate surface area is 157 Å². The van der Waals surface area contributed by atoms with Crippen molar-refractivity contribution in [2.24, 2.45) is 0 Å². The van der Waals surface area contributed by atoms with E-state index in [1.807, 2.05) is 0 Å². The SMILES string of the molecule is COc1ncc(Cc2cnc(Cl)c(F)c2)cc1-c1ccnc(OC(F)F)c1. The summed E-state index contributed by atoms with van der Waals surface area (Å²) in [5.74, 6) is -0.536. The lowest BCUT2D eigenvalue weighted by Crippen LogP contribution is -2.03. The van der Waals surface area contributed by atoms with Gasteiger partial charge in [0.2, 0.25) is 11.8 Å². The Kier molecular flexibility index (Phi) is 5.75. The van der Waals surface area contributed by atoms with E-state index < -0.39 is 12.4 Å². The molecule has 0 atom stereocenters. The van der Waals surface area contributed by atoms with E-state index in [1.165, 1.54) is 31.6 Å². The molecule has 0 N–H and O–H groups in total. The predicted octanol–water partition coefficient (Wildman–Crippen LogP) is 4.53. The molecule has 27 heavy (non-hydrogen) atoms. The highest BCUT2D eigenvalue weighted by Crippen LogP contribution is 2.31. The smallest absolute Gasteiger partial charge is 0.388 e. The van der Waals surface area contributed by atoms with Gasteiger partial charge in [0.1, 0.15) is 0 Å². The number of aromatic nitrogens is 3. The molecule has 0 unspecified atom stereocenters. The summed E-state index contributed by atoms with van der Waals surface area (Å²) in [5.41, 5.74) is 2.43. The van der Waals surface area contributed by atoms with Crippen LogP contribution in [0.25, 0.3) is 11.1 Å². The summed E-state index contributed by atoms with van der Waals surface area (Å²) in [6.07, 6.45) is 4.73. The van der Waals surface area contributed by atoms with E-state index in [0.29, 0.717) is 29.0 Å². The highest BCUT2D eigenvalue weighted by molar-refractivity contribution is 6.29. The van der Waals surface area contributed by atoms with Crippen LogP contribution in [0, 0.1) is 5.82 Å². The van der Waals surface area contributed by atoms with Crippen LogP contribution in [0.3, 0.4) is 0 Å². The predicted molar refractivity (Wildman–Crippen MR) is 92.7 cm³/mol. The largest absolute Gasteiger partial charge is 0.481 e. The molecule has 3 aromatic heterocycles. The maximum atomic E-state index is 13.6. The minimum absolute atomic E-state index is 0.198. The molecule has 5 nitrogen and oxygen atoms in total. The second-order valence-corrected chi connectivity index (χ2v) is 5.81. The van der Waals surface area contributed by atoms with Crippen LogP contribution in [0.15, 0.2) is 42.9 Å². The fourth-order valence-corrected chi connectivity index (χ4v) is 2.59. The van der Waals surface area contributed by atoms with E-state index >= 15 is 0 Å². The zero-order valence-electron chi connectivity index (χ0n) is 14.0. The van der Waals surface area contributed by atoms with E-state index in [-0.39, 0.29) is 11.0 Å². The van der Waals surface area contributed by atoms with Crippen LogP contribution >= 0.6 is 11.6 Å². The standard InChI is InChI=1S/C18H13ClF3N3O2/c1-26-17-13(12-2-3-23-15(7-12)27-18(21)22)5-10(9-25-17)4-11-6-14(20)16(19)24-8-11/h2-3,5-9,18H,4H2,1H3. The van der Waals surface area contributed by atoms with Gasteiger partial charge in [-0.05, 0) is 34.9 Å². The van der Waals surface area contributed by atoms with Gasteiger partial charge in [-0.25, -0.2) is 19.3 Å². The third-order valence-corrected chi connectivity index (χ3v) is 3.90. The first kappa shape index (κ1) is 18.9. The zero-order valence-corrected chi connectivity index (χ0v) is 14.8. The first-order chi connectivity index (χ1) is 13.0. The highest BCUT2D eigenvalue weighted by atomic mass is 35.5. The summed E-state index contributed by atoms with van der Waals surface area (Å²) in [5, 5.41) is -0.198. The first-order valence-electron chi connectivity index (χ1n) is 7.70. The number of hydrogen-bond acceptors (Lipinski definition) is 5. The van der Waals surface area contributed by atoms with Gasteiger partial charge in [-0.3, -0.25) is 0 Å². The Morgan fingerprint density at radius 3 is 2.52 bits per heavy atom. The summed E-state index contributed by atoms with van der Waals surface area (Å²) >= 11 is 5.59. The minimum Gasteiger partial charge on any atom is -0.481 e. The van der Waals surface area contributed by atoms with Crippen LogP contribution in [0.4, 0.5) is 13.2 Å². The van der Waals surface area contributed by atoms with E-state index in [4.69, 9.17) is 16.3 Å². The fraction of sp³-hybridized carbons (Fsp3) is 0.167. The van der Waals surface area contributed by atoms with Gasteiger partial charge in [0.05, 0.1) is 7.11 Å². The molecule has 0 saturated carbocycles. The number of nitrogens with zero attached hydrogens (tertiary/aromatic N) is 3. The average molecular weight is 396 g/mol. The maximum absolute atomic E-state index is 13.6. The fourth-order valence-electron chi connectivity index (χ4n) is 2.49. The summed E-state index contributed by atoms with van der Waals surface area (Å²) in [7, 11) is 1.45. The topological polar surface area (TPSA) is 57.1 Å². The average Bonchev–Trinajstić information content (AvgIpc) is 2.64. The second kappa shape index (κ2) is 8.22. The molecule has 0 spiro atoms. The number of rotatable bonds is 6. The molecule has 0 bridgehead atoms. The van der Waals surface area contributed by atoms with Crippen molar-refractivity contribution in [3.63, 3.8) is 0 Å². The molecule has 0 saturated heterocycles. The van der Waals surface area contributed by atoms with Crippen molar-refractivity contribution in [1.82, 2.24) is 15.0 Å². The van der Waals surface area contributed by atoms with Gasteiger partial charge in [-0.15, -0.1) is 0 Å². The highest BCUT2D eigenvalue weighted by Gasteiger charge is 2.13. The zero-order chi connectivity index (χ0) is 19.4. The number of alkyl halides is 2. The molecule has 140 valence electrons. The third kappa shape index (κ3) is 4.65. The molecule has 0 fully saturated rings. The van der Waals surface area contributed by atoms with Gasteiger partial charge in [0.25, 0.3) is 0 Å². The van der Waals surface area contributed by atoms with Crippen molar-refractivity contribution in [2.45, 2.75) is 13.0 Å². The number of ether oxygens (including phenoxy) is 2. The first-order valence-corrected chi connectivity index (χ1v) is 8.08. The lowest BCUT2D eigenvalue weighted by Gasteiger charge is -2.11. The number of pyridine rings is 3. The van der Waals surface area contributed by atoms with Crippen molar-refractivity contribution < 1.29 is 22.6 Å². The molecule has 0 aliphatic rings. The van der Waals surface area contributed by atoms with Crippen LogP contribution in [0.2, 0.25) is 5.15 Å². The lowest BCUT2D eigenvalue weighted by molar-refractivity contribution is -0.0528.